The lowest BCUT2D eigenvalue weighted by atomic mass is 10.1. The normalized spacial score (nSPS) is 11.5. The van der Waals surface area contributed by atoms with Gasteiger partial charge in [0, 0.05) is 17.1 Å². The average molecular weight is 352 g/mol. The molecule has 24 heavy (non-hydrogen) atoms. The lowest BCUT2D eigenvalue weighted by Gasteiger charge is -2.08. The zero-order valence-corrected chi connectivity index (χ0v) is 13.2. The molecule has 0 unspecified atom stereocenters. The maximum Gasteiger partial charge on any atom is 0.421 e. The predicted molar refractivity (Wildman–Crippen MR) is 87.9 cm³/mol. The summed E-state index contributed by atoms with van der Waals surface area (Å²) < 4.78 is 45.2. The number of alkyl halides is 3. The number of hydrogen-bond donors (Lipinski definition) is 1. The van der Waals surface area contributed by atoms with Crippen molar-refractivity contribution in [2.45, 2.75) is 12.7 Å². The standard InChI is InChI=1S/C18H13ClF3NO/c19-14-8-6-13(7-9-14)16-10-15(18(20,21)22)17(24-16)23-11-12-4-2-1-3-5-12/h1-10,23H,11H2. The SMILES string of the molecule is FC(F)(F)c1cc(-c2ccc(Cl)cc2)oc1NCc1ccccc1. The molecule has 124 valence electrons. The molecule has 3 aromatic rings. The molecule has 0 radical (unpaired) electrons. The van der Waals surface area contributed by atoms with Crippen LogP contribution in [0.3, 0.4) is 0 Å². The summed E-state index contributed by atoms with van der Waals surface area (Å²) in [6, 6.07) is 16.6. The lowest BCUT2D eigenvalue weighted by Crippen LogP contribution is -2.08. The molecule has 6 heteroatoms. The fraction of sp³-hybridized carbons (Fsp3) is 0.111. The Labute approximate surface area is 141 Å². The van der Waals surface area contributed by atoms with Crippen LogP contribution in [0.4, 0.5) is 19.1 Å². The third kappa shape index (κ3) is 3.74. The minimum atomic E-state index is -4.51. The zero-order chi connectivity index (χ0) is 17.2. The summed E-state index contributed by atoms with van der Waals surface area (Å²) in [4.78, 5) is 0. The summed E-state index contributed by atoms with van der Waals surface area (Å²) >= 11 is 5.80. The van der Waals surface area contributed by atoms with E-state index in [2.05, 4.69) is 5.32 Å². The number of nitrogens with one attached hydrogen (secondary N) is 1. The summed E-state index contributed by atoms with van der Waals surface area (Å²) in [6.07, 6.45) is -4.51. The van der Waals surface area contributed by atoms with Crippen molar-refractivity contribution in [3.63, 3.8) is 0 Å². The molecule has 0 spiro atoms. The Morgan fingerprint density at radius 1 is 0.958 bits per heavy atom. The Balaban J connectivity index is 1.90. The number of hydrogen-bond acceptors (Lipinski definition) is 2. The smallest absolute Gasteiger partial charge is 0.421 e. The molecule has 0 fully saturated rings. The van der Waals surface area contributed by atoms with Crippen LogP contribution >= 0.6 is 11.6 Å². The van der Waals surface area contributed by atoms with Gasteiger partial charge in [0.25, 0.3) is 0 Å². The maximum atomic E-state index is 13.2. The van der Waals surface area contributed by atoms with Gasteiger partial charge in [-0.2, -0.15) is 13.2 Å². The van der Waals surface area contributed by atoms with E-state index >= 15 is 0 Å². The first-order valence-corrected chi connectivity index (χ1v) is 7.56. The van der Waals surface area contributed by atoms with Crippen LogP contribution in [-0.2, 0) is 12.7 Å². The zero-order valence-electron chi connectivity index (χ0n) is 12.4. The van der Waals surface area contributed by atoms with Gasteiger partial charge in [-0.15, -0.1) is 0 Å². The Morgan fingerprint density at radius 3 is 2.25 bits per heavy atom. The van der Waals surface area contributed by atoms with Gasteiger partial charge in [0.2, 0.25) is 5.88 Å². The van der Waals surface area contributed by atoms with E-state index in [9.17, 15) is 13.2 Å². The highest BCUT2D eigenvalue weighted by Gasteiger charge is 2.37. The van der Waals surface area contributed by atoms with Crippen LogP contribution in [0.15, 0.2) is 65.1 Å². The Morgan fingerprint density at radius 2 is 1.62 bits per heavy atom. The third-order valence-corrected chi connectivity index (χ3v) is 3.71. The average Bonchev–Trinajstić information content (AvgIpc) is 2.99. The van der Waals surface area contributed by atoms with E-state index < -0.39 is 11.7 Å². The number of furan rings is 1. The van der Waals surface area contributed by atoms with Crippen LogP contribution in [-0.4, -0.2) is 0 Å². The molecule has 0 aliphatic heterocycles. The number of halogens is 4. The molecule has 1 heterocycles. The molecule has 1 aromatic heterocycles. The molecular weight excluding hydrogens is 339 g/mol. The third-order valence-electron chi connectivity index (χ3n) is 3.46. The van der Waals surface area contributed by atoms with Gasteiger partial charge in [0.15, 0.2) is 0 Å². The van der Waals surface area contributed by atoms with Crippen LogP contribution in [0.2, 0.25) is 5.02 Å². The van der Waals surface area contributed by atoms with Crippen molar-refractivity contribution in [2.75, 3.05) is 5.32 Å². The van der Waals surface area contributed by atoms with Crippen molar-refractivity contribution >= 4 is 17.5 Å². The van der Waals surface area contributed by atoms with Gasteiger partial charge >= 0.3 is 6.18 Å². The molecule has 0 aliphatic carbocycles. The second kappa shape index (κ2) is 6.61. The van der Waals surface area contributed by atoms with Gasteiger partial charge in [-0.1, -0.05) is 41.9 Å². The number of benzene rings is 2. The van der Waals surface area contributed by atoms with Crippen LogP contribution < -0.4 is 5.32 Å². The Bertz CT molecular complexity index is 811. The van der Waals surface area contributed by atoms with Crippen molar-refractivity contribution in [1.29, 1.82) is 0 Å². The topological polar surface area (TPSA) is 25.2 Å². The Hall–Kier alpha value is -2.40. The molecule has 3 rings (SSSR count). The monoisotopic (exact) mass is 351 g/mol. The van der Waals surface area contributed by atoms with Crippen molar-refractivity contribution in [3.8, 4) is 11.3 Å². The Kier molecular flexibility index (Phi) is 4.53. The molecule has 0 amide bonds. The van der Waals surface area contributed by atoms with Crippen molar-refractivity contribution in [1.82, 2.24) is 0 Å². The van der Waals surface area contributed by atoms with Crippen LogP contribution in [0.1, 0.15) is 11.1 Å². The van der Waals surface area contributed by atoms with E-state index in [4.69, 9.17) is 16.0 Å². The number of rotatable bonds is 4. The summed E-state index contributed by atoms with van der Waals surface area (Å²) in [7, 11) is 0. The first kappa shape index (κ1) is 16.5. The summed E-state index contributed by atoms with van der Waals surface area (Å²) in [6.45, 7) is 0.234. The van der Waals surface area contributed by atoms with Gasteiger partial charge < -0.3 is 9.73 Å². The van der Waals surface area contributed by atoms with Crippen molar-refractivity contribution in [2.24, 2.45) is 0 Å². The van der Waals surface area contributed by atoms with E-state index in [-0.39, 0.29) is 18.2 Å². The minimum Gasteiger partial charge on any atom is -0.440 e. The highest BCUT2D eigenvalue weighted by atomic mass is 35.5. The van der Waals surface area contributed by atoms with Gasteiger partial charge in [0.1, 0.15) is 11.3 Å². The molecular formula is C18H13ClF3NO. The van der Waals surface area contributed by atoms with Gasteiger partial charge in [0.05, 0.1) is 0 Å². The molecule has 0 bridgehead atoms. The summed E-state index contributed by atoms with van der Waals surface area (Å²) in [5.41, 5.74) is 0.552. The van der Waals surface area contributed by atoms with E-state index in [0.717, 1.165) is 11.6 Å². The maximum absolute atomic E-state index is 13.2. The van der Waals surface area contributed by atoms with Crippen LogP contribution in [0.25, 0.3) is 11.3 Å². The van der Waals surface area contributed by atoms with E-state index in [1.54, 1.807) is 24.3 Å². The summed E-state index contributed by atoms with van der Waals surface area (Å²) in [5, 5.41) is 3.23. The first-order valence-electron chi connectivity index (χ1n) is 7.18. The molecule has 0 saturated heterocycles. The van der Waals surface area contributed by atoms with Gasteiger partial charge in [-0.25, -0.2) is 0 Å². The quantitative estimate of drug-likeness (QED) is 0.602. The van der Waals surface area contributed by atoms with E-state index in [1.165, 1.54) is 0 Å². The fourth-order valence-electron chi connectivity index (χ4n) is 2.27. The lowest BCUT2D eigenvalue weighted by molar-refractivity contribution is -0.137. The highest BCUT2D eigenvalue weighted by Crippen LogP contribution is 2.40. The highest BCUT2D eigenvalue weighted by molar-refractivity contribution is 6.30. The van der Waals surface area contributed by atoms with Crippen LogP contribution in [0.5, 0.6) is 0 Å². The predicted octanol–water partition coefficient (Wildman–Crippen LogP) is 6.23. The van der Waals surface area contributed by atoms with E-state index in [0.29, 0.717) is 10.6 Å². The molecule has 0 atom stereocenters. The van der Waals surface area contributed by atoms with Crippen molar-refractivity contribution in [3.05, 3.63) is 76.8 Å². The van der Waals surface area contributed by atoms with Crippen LogP contribution in [0, 0.1) is 0 Å². The summed E-state index contributed by atoms with van der Waals surface area (Å²) in [5.74, 6) is -0.161. The molecule has 2 aromatic carbocycles. The largest absolute Gasteiger partial charge is 0.440 e. The fourth-order valence-corrected chi connectivity index (χ4v) is 2.39. The van der Waals surface area contributed by atoms with Gasteiger partial charge in [-0.3, -0.25) is 0 Å². The van der Waals surface area contributed by atoms with E-state index in [1.807, 2.05) is 30.3 Å². The minimum absolute atomic E-state index is 0.134. The molecule has 0 saturated carbocycles. The van der Waals surface area contributed by atoms with Crippen molar-refractivity contribution < 1.29 is 17.6 Å². The molecule has 0 aliphatic rings. The molecule has 2 nitrogen and oxygen atoms in total. The molecule has 1 N–H and O–H groups in total. The second-order valence-corrected chi connectivity index (χ2v) is 5.63. The number of anilines is 1. The first-order chi connectivity index (χ1) is 11.4. The second-order valence-electron chi connectivity index (χ2n) is 5.20. The van der Waals surface area contributed by atoms with Gasteiger partial charge in [-0.05, 0) is 35.9 Å².